The van der Waals surface area contributed by atoms with Gasteiger partial charge >= 0.3 is 5.76 Å². The number of nitrogens with zero attached hydrogens (tertiary/aromatic N) is 2. The molecular weight excluding hydrogens is 306 g/mol. The summed E-state index contributed by atoms with van der Waals surface area (Å²) in [6, 6.07) is 7.46. The first kappa shape index (κ1) is 14.8. The number of halogens is 1. The van der Waals surface area contributed by atoms with E-state index in [1.54, 1.807) is 18.0 Å². The molecular formula is C15H16ClN3O3. The topological polar surface area (TPSA) is 79.2 Å². The van der Waals surface area contributed by atoms with Gasteiger partial charge in [-0.1, -0.05) is 41.4 Å². The fourth-order valence-electron chi connectivity index (χ4n) is 2.97. The second-order valence-corrected chi connectivity index (χ2v) is 6.03. The lowest BCUT2D eigenvalue weighted by molar-refractivity contribution is -0.140. The lowest BCUT2D eigenvalue weighted by Crippen LogP contribution is -2.49. The molecule has 1 fully saturated rings. The number of carbonyl (C=O) groups is 1. The van der Waals surface area contributed by atoms with E-state index in [0.717, 1.165) is 24.8 Å². The van der Waals surface area contributed by atoms with Crippen molar-refractivity contribution < 1.29 is 9.32 Å². The van der Waals surface area contributed by atoms with E-state index in [0.29, 0.717) is 10.8 Å². The molecule has 7 heteroatoms. The van der Waals surface area contributed by atoms with Crippen molar-refractivity contribution in [3.63, 3.8) is 0 Å². The molecule has 6 nitrogen and oxygen atoms in total. The lowest BCUT2D eigenvalue weighted by Gasteiger charge is -2.43. The molecule has 116 valence electrons. The van der Waals surface area contributed by atoms with Crippen LogP contribution in [0, 0.1) is 0 Å². The summed E-state index contributed by atoms with van der Waals surface area (Å²) in [6.45, 7) is 0.191. The zero-order chi connectivity index (χ0) is 15.7. The van der Waals surface area contributed by atoms with Gasteiger partial charge in [-0.3, -0.25) is 14.3 Å². The van der Waals surface area contributed by atoms with Crippen molar-refractivity contribution in [2.24, 2.45) is 0 Å². The van der Waals surface area contributed by atoms with Crippen LogP contribution < -0.4 is 5.76 Å². The van der Waals surface area contributed by atoms with E-state index >= 15 is 0 Å². The molecule has 0 radical (unpaired) electrons. The number of benzene rings is 1. The van der Waals surface area contributed by atoms with E-state index in [-0.39, 0.29) is 12.5 Å². The van der Waals surface area contributed by atoms with Crippen LogP contribution in [0.4, 0.5) is 0 Å². The smallest absolute Gasteiger partial charge is 0.337 e. The average molecular weight is 322 g/mol. The van der Waals surface area contributed by atoms with Gasteiger partial charge in [-0.25, -0.2) is 4.79 Å². The minimum atomic E-state index is -0.625. The summed E-state index contributed by atoms with van der Waals surface area (Å²) >= 11 is 6.29. The number of nitrogens with one attached hydrogen (secondary N) is 1. The highest BCUT2D eigenvalue weighted by Gasteiger charge is 2.48. The molecule has 1 aliphatic rings. The van der Waals surface area contributed by atoms with Crippen molar-refractivity contribution in [3.05, 3.63) is 51.2 Å². The number of rotatable bonds is 4. The van der Waals surface area contributed by atoms with Crippen LogP contribution in [-0.2, 0) is 16.8 Å². The van der Waals surface area contributed by atoms with E-state index in [4.69, 9.17) is 11.6 Å². The molecule has 0 spiro atoms. The van der Waals surface area contributed by atoms with Crippen molar-refractivity contribution in [2.45, 2.75) is 31.2 Å². The van der Waals surface area contributed by atoms with Gasteiger partial charge in [0.1, 0.15) is 0 Å². The van der Waals surface area contributed by atoms with Gasteiger partial charge in [0.15, 0.2) is 5.82 Å². The highest BCUT2D eigenvalue weighted by molar-refractivity contribution is 6.31. The summed E-state index contributed by atoms with van der Waals surface area (Å²) in [7, 11) is 1.69. The summed E-state index contributed by atoms with van der Waals surface area (Å²) in [5.41, 5.74) is 0.297. The van der Waals surface area contributed by atoms with Gasteiger partial charge in [-0.15, -0.1) is 0 Å². The lowest BCUT2D eigenvalue weighted by atomic mass is 9.63. The standard InChI is InChI=1S/C15H16ClN3O3/c1-19(9-12-17-14(21)22-18-12)13(20)15(7-4-8-15)10-5-2-3-6-11(10)16/h2-3,5-6H,4,7-9H2,1H3,(H,17,18,21). The molecule has 1 amide bonds. The van der Waals surface area contributed by atoms with Crippen molar-refractivity contribution in [3.8, 4) is 0 Å². The van der Waals surface area contributed by atoms with Crippen molar-refractivity contribution in [1.29, 1.82) is 0 Å². The first-order chi connectivity index (χ1) is 10.5. The predicted octanol–water partition coefficient (Wildman–Crippen LogP) is 2.10. The number of carbonyl (C=O) groups excluding carboxylic acids is 1. The van der Waals surface area contributed by atoms with Crippen LogP contribution in [-0.4, -0.2) is 28.0 Å². The SMILES string of the molecule is CN(Cc1noc(=O)[nH]1)C(=O)C1(c2ccccc2Cl)CCC1. The van der Waals surface area contributed by atoms with Gasteiger partial charge in [0, 0.05) is 12.1 Å². The molecule has 0 unspecified atom stereocenters. The minimum Gasteiger partial charge on any atom is -0.337 e. The van der Waals surface area contributed by atoms with Crippen LogP contribution in [0.1, 0.15) is 30.7 Å². The van der Waals surface area contributed by atoms with Gasteiger partial charge in [0.05, 0.1) is 12.0 Å². The Morgan fingerprint density at radius 2 is 2.18 bits per heavy atom. The van der Waals surface area contributed by atoms with Crippen molar-refractivity contribution >= 4 is 17.5 Å². The quantitative estimate of drug-likeness (QED) is 0.935. The van der Waals surface area contributed by atoms with Gasteiger partial charge in [0.2, 0.25) is 5.91 Å². The molecule has 1 N–H and O–H groups in total. The summed E-state index contributed by atoms with van der Waals surface area (Å²) in [6.07, 6.45) is 2.54. The Kier molecular flexibility index (Phi) is 3.78. The number of H-pyrrole nitrogens is 1. The first-order valence-corrected chi connectivity index (χ1v) is 7.46. The summed E-state index contributed by atoms with van der Waals surface area (Å²) < 4.78 is 4.45. The Hall–Kier alpha value is -2.08. The first-order valence-electron chi connectivity index (χ1n) is 7.08. The van der Waals surface area contributed by atoms with E-state index in [1.807, 2.05) is 18.2 Å². The Morgan fingerprint density at radius 3 is 2.73 bits per heavy atom. The number of aromatic nitrogens is 2. The number of amides is 1. The fraction of sp³-hybridized carbons (Fsp3) is 0.400. The average Bonchev–Trinajstić information content (AvgIpc) is 2.84. The second kappa shape index (κ2) is 5.61. The number of aromatic amines is 1. The molecule has 22 heavy (non-hydrogen) atoms. The molecule has 1 aliphatic carbocycles. The van der Waals surface area contributed by atoms with Crippen LogP contribution >= 0.6 is 11.6 Å². The largest absolute Gasteiger partial charge is 0.438 e. The van der Waals surface area contributed by atoms with Gasteiger partial charge in [0.25, 0.3) is 0 Å². The molecule has 1 heterocycles. The molecule has 2 aromatic rings. The Balaban J connectivity index is 1.85. The van der Waals surface area contributed by atoms with E-state index < -0.39 is 11.2 Å². The minimum absolute atomic E-state index is 0.0179. The van der Waals surface area contributed by atoms with E-state index in [9.17, 15) is 9.59 Å². The van der Waals surface area contributed by atoms with Crippen LogP contribution in [0.2, 0.25) is 5.02 Å². The Labute approximate surface area is 132 Å². The van der Waals surface area contributed by atoms with Gasteiger partial charge in [-0.05, 0) is 24.5 Å². The van der Waals surface area contributed by atoms with E-state index in [1.165, 1.54) is 0 Å². The highest BCUT2D eigenvalue weighted by Crippen LogP contribution is 2.47. The summed E-state index contributed by atoms with van der Waals surface area (Å²) in [5.74, 6) is -0.314. The maximum absolute atomic E-state index is 12.9. The monoisotopic (exact) mass is 321 g/mol. The molecule has 1 saturated carbocycles. The van der Waals surface area contributed by atoms with Crippen LogP contribution in [0.3, 0.4) is 0 Å². The van der Waals surface area contributed by atoms with Crippen LogP contribution in [0.5, 0.6) is 0 Å². The number of likely N-dealkylation sites (N-methyl/N-ethyl adjacent to an activating group) is 1. The zero-order valence-corrected chi connectivity index (χ0v) is 12.9. The van der Waals surface area contributed by atoms with Crippen LogP contribution in [0.25, 0.3) is 0 Å². The maximum atomic E-state index is 12.9. The summed E-state index contributed by atoms with van der Waals surface area (Å²) in [5, 5.41) is 4.20. The third kappa shape index (κ3) is 2.43. The molecule has 1 aromatic heterocycles. The van der Waals surface area contributed by atoms with E-state index in [2.05, 4.69) is 14.7 Å². The van der Waals surface area contributed by atoms with Crippen molar-refractivity contribution in [2.75, 3.05) is 7.05 Å². The van der Waals surface area contributed by atoms with Gasteiger partial charge in [-0.2, -0.15) is 0 Å². The zero-order valence-electron chi connectivity index (χ0n) is 12.1. The fourth-order valence-corrected chi connectivity index (χ4v) is 3.28. The highest BCUT2D eigenvalue weighted by atomic mass is 35.5. The third-order valence-electron chi connectivity index (χ3n) is 4.22. The van der Waals surface area contributed by atoms with Gasteiger partial charge < -0.3 is 4.90 Å². The Bertz CT molecular complexity index is 748. The number of hydrogen-bond acceptors (Lipinski definition) is 4. The second-order valence-electron chi connectivity index (χ2n) is 5.62. The normalized spacial score (nSPS) is 16.1. The number of hydrogen-bond donors (Lipinski definition) is 1. The third-order valence-corrected chi connectivity index (χ3v) is 4.55. The molecule has 3 rings (SSSR count). The van der Waals surface area contributed by atoms with Crippen LogP contribution in [0.15, 0.2) is 33.6 Å². The molecule has 0 bridgehead atoms. The molecule has 0 aliphatic heterocycles. The summed E-state index contributed by atoms with van der Waals surface area (Å²) in [4.78, 5) is 27.9. The Morgan fingerprint density at radius 1 is 1.45 bits per heavy atom. The predicted molar refractivity (Wildman–Crippen MR) is 80.6 cm³/mol. The molecule has 1 aromatic carbocycles. The molecule has 0 saturated heterocycles. The maximum Gasteiger partial charge on any atom is 0.438 e. The van der Waals surface area contributed by atoms with Crippen molar-refractivity contribution in [1.82, 2.24) is 15.0 Å². The molecule has 0 atom stereocenters.